The van der Waals surface area contributed by atoms with Gasteiger partial charge in [0.2, 0.25) is 0 Å². The lowest BCUT2D eigenvalue weighted by atomic mass is 10.1. The Morgan fingerprint density at radius 1 is 1.54 bits per heavy atom. The first-order valence-corrected chi connectivity index (χ1v) is 4.35. The van der Waals surface area contributed by atoms with Crippen LogP contribution in [0, 0.1) is 0 Å². The Hall–Kier alpha value is -1.03. The normalized spacial score (nSPS) is 24.2. The highest BCUT2D eigenvalue weighted by Crippen LogP contribution is 2.19. The number of carboxylic acid groups (broad SMARTS) is 1. The smallest absolute Gasteiger partial charge is 0.334 e. The second-order valence-corrected chi connectivity index (χ2v) is 3.22. The summed E-state index contributed by atoms with van der Waals surface area (Å²) >= 11 is 0. The van der Waals surface area contributed by atoms with Gasteiger partial charge in [0.25, 0.3) is 0 Å². The van der Waals surface area contributed by atoms with Crippen LogP contribution < -0.4 is 0 Å². The highest BCUT2D eigenvalue weighted by atomic mass is 16.5. The summed E-state index contributed by atoms with van der Waals surface area (Å²) in [6, 6.07) is 0. The molecule has 4 heteroatoms. The number of carbonyl (C=O) groups is 1. The van der Waals surface area contributed by atoms with Gasteiger partial charge in [0.15, 0.2) is 0 Å². The lowest BCUT2D eigenvalue weighted by Crippen LogP contribution is -2.09. The molecule has 13 heavy (non-hydrogen) atoms. The number of hydrogen-bond donors (Lipinski definition) is 2. The van der Waals surface area contributed by atoms with Gasteiger partial charge in [0, 0.05) is 13.0 Å². The maximum Gasteiger partial charge on any atom is 0.334 e. The standard InChI is InChI=1S/C9H14O4/c1-6(9(11)12)8(10)5-7-3-2-4-13-7/h7,10H,2-5H2,1H3,(H,11,12)/b8-6+. The van der Waals surface area contributed by atoms with Crippen LogP contribution in [0.3, 0.4) is 0 Å². The second kappa shape index (κ2) is 4.28. The van der Waals surface area contributed by atoms with E-state index in [1.807, 2.05) is 0 Å². The molecule has 0 aromatic heterocycles. The summed E-state index contributed by atoms with van der Waals surface area (Å²) in [6.07, 6.45) is 2.20. The van der Waals surface area contributed by atoms with Crippen LogP contribution in [-0.2, 0) is 9.53 Å². The van der Waals surface area contributed by atoms with Crippen LogP contribution in [0.15, 0.2) is 11.3 Å². The van der Waals surface area contributed by atoms with Crippen molar-refractivity contribution in [2.24, 2.45) is 0 Å². The van der Waals surface area contributed by atoms with Crippen molar-refractivity contribution in [1.29, 1.82) is 0 Å². The highest BCUT2D eigenvalue weighted by Gasteiger charge is 2.19. The van der Waals surface area contributed by atoms with Gasteiger partial charge in [-0.3, -0.25) is 0 Å². The van der Waals surface area contributed by atoms with Crippen molar-refractivity contribution in [3.8, 4) is 0 Å². The number of aliphatic hydroxyl groups excluding tert-OH is 1. The van der Waals surface area contributed by atoms with Crippen LogP contribution in [0.2, 0.25) is 0 Å². The number of ether oxygens (including phenoxy) is 1. The monoisotopic (exact) mass is 186 g/mol. The van der Waals surface area contributed by atoms with Gasteiger partial charge >= 0.3 is 5.97 Å². The molecule has 0 amide bonds. The number of rotatable bonds is 3. The molecule has 0 aromatic rings. The number of aliphatic hydroxyl groups is 1. The van der Waals surface area contributed by atoms with E-state index in [0.717, 1.165) is 12.8 Å². The summed E-state index contributed by atoms with van der Waals surface area (Å²) in [7, 11) is 0. The van der Waals surface area contributed by atoms with Gasteiger partial charge < -0.3 is 14.9 Å². The molecule has 0 saturated carbocycles. The number of aliphatic carboxylic acids is 1. The SMILES string of the molecule is C/C(C(=O)O)=C(\O)CC1CCCO1. The molecule has 1 saturated heterocycles. The quantitative estimate of drug-likeness (QED) is 0.517. The van der Waals surface area contributed by atoms with Crippen molar-refractivity contribution in [2.75, 3.05) is 6.61 Å². The first kappa shape index (κ1) is 10.1. The minimum atomic E-state index is -1.07. The van der Waals surface area contributed by atoms with Crippen LogP contribution in [0.5, 0.6) is 0 Å². The zero-order valence-corrected chi connectivity index (χ0v) is 7.62. The Morgan fingerprint density at radius 2 is 2.23 bits per heavy atom. The molecule has 0 aromatic carbocycles. The third-order valence-electron chi connectivity index (χ3n) is 2.20. The molecule has 4 nitrogen and oxygen atoms in total. The molecule has 1 aliphatic heterocycles. The molecule has 2 N–H and O–H groups in total. The topological polar surface area (TPSA) is 66.8 Å². The average molecular weight is 186 g/mol. The van der Waals surface area contributed by atoms with Crippen molar-refractivity contribution in [2.45, 2.75) is 32.3 Å². The summed E-state index contributed by atoms with van der Waals surface area (Å²) < 4.78 is 5.27. The summed E-state index contributed by atoms with van der Waals surface area (Å²) in [5, 5.41) is 17.9. The highest BCUT2D eigenvalue weighted by molar-refractivity contribution is 5.86. The molecule has 1 aliphatic rings. The summed E-state index contributed by atoms with van der Waals surface area (Å²) in [5.74, 6) is -1.14. The van der Waals surface area contributed by atoms with E-state index in [2.05, 4.69) is 0 Å². The van der Waals surface area contributed by atoms with E-state index in [1.54, 1.807) is 0 Å². The zero-order chi connectivity index (χ0) is 9.84. The van der Waals surface area contributed by atoms with E-state index in [1.165, 1.54) is 6.92 Å². The molecular formula is C9H14O4. The molecule has 0 radical (unpaired) electrons. The molecular weight excluding hydrogens is 172 g/mol. The van der Waals surface area contributed by atoms with Crippen molar-refractivity contribution < 1.29 is 19.7 Å². The molecule has 0 spiro atoms. The van der Waals surface area contributed by atoms with Crippen LogP contribution in [-0.4, -0.2) is 28.9 Å². The molecule has 74 valence electrons. The minimum absolute atomic E-state index is 0.00528. The maximum atomic E-state index is 10.5. The maximum absolute atomic E-state index is 10.5. The van der Waals surface area contributed by atoms with Gasteiger partial charge in [-0.15, -0.1) is 0 Å². The van der Waals surface area contributed by atoms with Gasteiger partial charge in [-0.25, -0.2) is 4.79 Å². The molecule has 1 heterocycles. The van der Waals surface area contributed by atoms with Crippen LogP contribution in [0.1, 0.15) is 26.2 Å². The van der Waals surface area contributed by atoms with Crippen LogP contribution in [0.4, 0.5) is 0 Å². The molecule has 1 rings (SSSR count). The van der Waals surface area contributed by atoms with Crippen molar-refractivity contribution >= 4 is 5.97 Å². The second-order valence-electron chi connectivity index (χ2n) is 3.22. The van der Waals surface area contributed by atoms with E-state index in [9.17, 15) is 9.90 Å². The third-order valence-corrected chi connectivity index (χ3v) is 2.20. The van der Waals surface area contributed by atoms with Crippen LogP contribution in [0.25, 0.3) is 0 Å². The third kappa shape index (κ3) is 2.73. The largest absolute Gasteiger partial charge is 0.512 e. The van der Waals surface area contributed by atoms with E-state index in [-0.39, 0.29) is 17.4 Å². The van der Waals surface area contributed by atoms with Gasteiger partial charge in [-0.1, -0.05) is 0 Å². The number of carboxylic acids is 1. The van der Waals surface area contributed by atoms with E-state index < -0.39 is 5.97 Å². The summed E-state index contributed by atoms with van der Waals surface area (Å²) in [5.41, 5.74) is 0.00972. The molecule has 1 atom stereocenters. The van der Waals surface area contributed by atoms with Gasteiger partial charge in [-0.05, 0) is 19.8 Å². The fourth-order valence-corrected chi connectivity index (χ4v) is 1.30. The summed E-state index contributed by atoms with van der Waals surface area (Å²) in [4.78, 5) is 10.5. The minimum Gasteiger partial charge on any atom is -0.512 e. The number of hydrogen-bond acceptors (Lipinski definition) is 3. The lowest BCUT2D eigenvalue weighted by Gasteiger charge is -2.09. The first-order valence-electron chi connectivity index (χ1n) is 4.35. The zero-order valence-electron chi connectivity index (χ0n) is 7.62. The van der Waals surface area contributed by atoms with Crippen molar-refractivity contribution in [1.82, 2.24) is 0 Å². The molecule has 0 bridgehead atoms. The fraction of sp³-hybridized carbons (Fsp3) is 0.667. The molecule has 1 fully saturated rings. The fourth-order valence-electron chi connectivity index (χ4n) is 1.30. The van der Waals surface area contributed by atoms with E-state index in [0.29, 0.717) is 13.0 Å². The Morgan fingerprint density at radius 3 is 2.69 bits per heavy atom. The lowest BCUT2D eigenvalue weighted by molar-refractivity contribution is -0.132. The predicted molar refractivity (Wildman–Crippen MR) is 46.6 cm³/mol. The summed E-state index contributed by atoms with van der Waals surface area (Å²) in [6.45, 7) is 2.11. The Labute approximate surface area is 76.8 Å². The van der Waals surface area contributed by atoms with E-state index >= 15 is 0 Å². The Kier molecular flexibility index (Phi) is 3.31. The van der Waals surface area contributed by atoms with Crippen molar-refractivity contribution in [3.63, 3.8) is 0 Å². The van der Waals surface area contributed by atoms with E-state index in [4.69, 9.17) is 9.84 Å². The van der Waals surface area contributed by atoms with Crippen molar-refractivity contribution in [3.05, 3.63) is 11.3 Å². The Balaban J connectivity index is 2.51. The molecule has 0 aliphatic carbocycles. The first-order chi connectivity index (χ1) is 6.11. The van der Waals surface area contributed by atoms with Crippen LogP contribution >= 0.6 is 0 Å². The molecule has 1 unspecified atom stereocenters. The predicted octanol–water partition coefficient (Wildman–Crippen LogP) is 1.47. The van der Waals surface area contributed by atoms with Gasteiger partial charge in [-0.2, -0.15) is 0 Å². The van der Waals surface area contributed by atoms with Gasteiger partial charge in [0.1, 0.15) is 5.76 Å². The Bertz CT molecular complexity index is 226. The van der Waals surface area contributed by atoms with Gasteiger partial charge in [0.05, 0.1) is 11.7 Å². The average Bonchev–Trinajstić information content (AvgIpc) is 2.55.